The molecule has 0 amide bonds. The third-order valence-corrected chi connectivity index (χ3v) is 6.58. The van der Waals surface area contributed by atoms with Crippen LogP contribution in [0.3, 0.4) is 0 Å². The molecule has 0 aliphatic heterocycles. The maximum absolute atomic E-state index is 12.6. The summed E-state index contributed by atoms with van der Waals surface area (Å²) in [5.74, 6) is 0.0533. The number of carboxylic acids is 1. The fourth-order valence-electron chi connectivity index (χ4n) is 4.06. The molecular weight excluding hydrogens is 498 g/mol. The molecule has 1 aromatic heterocycles. The number of aliphatic carboxylic acids is 1. The number of rotatable bonds is 7. The SMILES string of the molecule is O=C(O)C1CCC(NCCOc2cc(Br)ccc2-c2cc(=O)c3cccc(Cl)c3o2)CC1. The Hall–Kier alpha value is -2.35. The molecule has 168 valence electrons. The van der Waals surface area contributed by atoms with Crippen molar-refractivity contribution in [2.45, 2.75) is 31.7 Å². The van der Waals surface area contributed by atoms with Crippen molar-refractivity contribution in [3.05, 3.63) is 62.2 Å². The summed E-state index contributed by atoms with van der Waals surface area (Å²) in [6.07, 6.45) is 3.10. The van der Waals surface area contributed by atoms with Crippen LogP contribution in [0, 0.1) is 5.92 Å². The monoisotopic (exact) mass is 519 g/mol. The van der Waals surface area contributed by atoms with Crippen molar-refractivity contribution >= 4 is 44.5 Å². The molecule has 1 aliphatic rings. The lowest BCUT2D eigenvalue weighted by Gasteiger charge is -2.27. The third-order valence-electron chi connectivity index (χ3n) is 5.78. The largest absolute Gasteiger partial charge is 0.491 e. The first-order chi connectivity index (χ1) is 15.4. The van der Waals surface area contributed by atoms with Crippen molar-refractivity contribution in [3.63, 3.8) is 0 Å². The van der Waals surface area contributed by atoms with Gasteiger partial charge in [0.2, 0.25) is 0 Å². The summed E-state index contributed by atoms with van der Waals surface area (Å²) in [6, 6.07) is 12.4. The number of carboxylic acid groups (broad SMARTS) is 1. The van der Waals surface area contributed by atoms with Crippen molar-refractivity contribution in [2.75, 3.05) is 13.2 Å². The summed E-state index contributed by atoms with van der Waals surface area (Å²) in [6.45, 7) is 1.04. The molecule has 0 unspecified atom stereocenters. The molecule has 1 saturated carbocycles. The molecule has 2 aromatic carbocycles. The molecule has 1 fully saturated rings. The minimum atomic E-state index is -0.699. The maximum Gasteiger partial charge on any atom is 0.306 e. The minimum absolute atomic E-state index is 0.170. The molecule has 0 saturated heterocycles. The van der Waals surface area contributed by atoms with Gasteiger partial charge in [-0.3, -0.25) is 9.59 Å². The van der Waals surface area contributed by atoms with E-state index < -0.39 is 5.97 Å². The zero-order chi connectivity index (χ0) is 22.7. The van der Waals surface area contributed by atoms with Gasteiger partial charge in [0.1, 0.15) is 18.1 Å². The van der Waals surface area contributed by atoms with Crippen LogP contribution >= 0.6 is 27.5 Å². The number of ether oxygens (including phenoxy) is 1. The van der Waals surface area contributed by atoms with Gasteiger partial charge in [0.25, 0.3) is 0 Å². The molecule has 0 spiro atoms. The number of carbonyl (C=O) groups is 1. The Labute approximate surface area is 198 Å². The second-order valence-electron chi connectivity index (χ2n) is 7.92. The first kappa shape index (κ1) is 22.8. The van der Waals surface area contributed by atoms with Crippen LogP contribution in [-0.2, 0) is 4.79 Å². The third kappa shape index (κ3) is 5.17. The van der Waals surface area contributed by atoms with E-state index in [-0.39, 0.29) is 11.3 Å². The fraction of sp³-hybridized carbons (Fsp3) is 0.333. The van der Waals surface area contributed by atoms with Crippen LogP contribution in [0.15, 0.2) is 56.1 Å². The predicted octanol–water partition coefficient (Wildman–Crippen LogP) is 5.49. The second-order valence-corrected chi connectivity index (χ2v) is 9.24. The van der Waals surface area contributed by atoms with Gasteiger partial charge in [0.05, 0.1) is 21.9 Å². The van der Waals surface area contributed by atoms with Gasteiger partial charge in [-0.25, -0.2) is 0 Å². The maximum atomic E-state index is 12.6. The van der Waals surface area contributed by atoms with Crippen molar-refractivity contribution in [1.82, 2.24) is 5.32 Å². The van der Waals surface area contributed by atoms with E-state index in [9.17, 15) is 9.59 Å². The molecule has 6 nitrogen and oxygen atoms in total. The van der Waals surface area contributed by atoms with Crippen LogP contribution in [0.2, 0.25) is 5.02 Å². The fourth-order valence-corrected chi connectivity index (χ4v) is 4.62. The molecule has 2 N–H and O–H groups in total. The average molecular weight is 521 g/mol. The van der Waals surface area contributed by atoms with Crippen LogP contribution in [-0.4, -0.2) is 30.3 Å². The van der Waals surface area contributed by atoms with Gasteiger partial charge < -0.3 is 19.6 Å². The normalized spacial score (nSPS) is 18.6. The lowest BCUT2D eigenvalue weighted by atomic mass is 9.86. The first-order valence-electron chi connectivity index (χ1n) is 10.5. The molecule has 0 radical (unpaired) electrons. The summed E-state index contributed by atoms with van der Waals surface area (Å²) in [7, 11) is 0. The van der Waals surface area contributed by atoms with Gasteiger partial charge in [-0.15, -0.1) is 0 Å². The summed E-state index contributed by atoms with van der Waals surface area (Å²) in [5, 5.41) is 13.4. The number of benzene rings is 2. The molecule has 1 aliphatic carbocycles. The van der Waals surface area contributed by atoms with Crippen LogP contribution in [0.4, 0.5) is 0 Å². The smallest absolute Gasteiger partial charge is 0.306 e. The Morgan fingerprint density at radius 3 is 2.72 bits per heavy atom. The van der Waals surface area contributed by atoms with Gasteiger partial charge in [0.15, 0.2) is 11.0 Å². The summed E-state index contributed by atoms with van der Waals surface area (Å²) in [5.41, 5.74) is 0.842. The molecule has 8 heteroatoms. The number of nitrogens with one attached hydrogen (secondary N) is 1. The van der Waals surface area contributed by atoms with Crippen LogP contribution in [0.5, 0.6) is 5.75 Å². The molecule has 3 aromatic rings. The quantitative estimate of drug-likeness (QED) is 0.401. The lowest BCUT2D eigenvalue weighted by molar-refractivity contribution is -0.142. The molecule has 0 bridgehead atoms. The number of fused-ring (bicyclic) bond motifs is 1. The summed E-state index contributed by atoms with van der Waals surface area (Å²) < 4.78 is 12.8. The number of para-hydroxylation sites is 1. The first-order valence-corrected chi connectivity index (χ1v) is 11.7. The Balaban J connectivity index is 1.45. The van der Waals surface area contributed by atoms with E-state index >= 15 is 0 Å². The van der Waals surface area contributed by atoms with Crippen LogP contribution in [0.1, 0.15) is 25.7 Å². The van der Waals surface area contributed by atoms with Gasteiger partial charge in [-0.1, -0.05) is 33.6 Å². The van der Waals surface area contributed by atoms with E-state index in [2.05, 4.69) is 21.2 Å². The van der Waals surface area contributed by atoms with E-state index in [4.69, 9.17) is 25.9 Å². The molecule has 4 rings (SSSR count). The van der Waals surface area contributed by atoms with Gasteiger partial charge in [-0.05, 0) is 56.0 Å². The predicted molar refractivity (Wildman–Crippen MR) is 128 cm³/mol. The van der Waals surface area contributed by atoms with Crippen molar-refractivity contribution in [2.24, 2.45) is 5.92 Å². The van der Waals surface area contributed by atoms with Gasteiger partial charge in [-0.2, -0.15) is 0 Å². The molecule has 0 atom stereocenters. The molecular formula is C24H23BrClNO5. The highest BCUT2D eigenvalue weighted by Gasteiger charge is 2.25. The highest BCUT2D eigenvalue weighted by molar-refractivity contribution is 9.10. The van der Waals surface area contributed by atoms with Crippen molar-refractivity contribution < 1.29 is 19.1 Å². The second kappa shape index (κ2) is 10.1. The standard InChI is InChI=1S/C24H23BrClNO5/c25-15-6-9-18(22-13-20(28)17-2-1-3-19(26)23(17)32-22)21(12-15)31-11-10-27-16-7-4-14(5-8-16)24(29)30/h1-3,6,9,12-14,16,27H,4-5,7-8,10-11H2,(H,29,30). The number of hydrogen-bond donors (Lipinski definition) is 2. The Kier molecular flexibility index (Phi) is 7.18. The van der Waals surface area contributed by atoms with E-state index in [1.165, 1.54) is 6.07 Å². The Morgan fingerprint density at radius 1 is 1.19 bits per heavy atom. The lowest BCUT2D eigenvalue weighted by Crippen LogP contribution is -2.37. The summed E-state index contributed by atoms with van der Waals surface area (Å²) >= 11 is 9.71. The van der Waals surface area contributed by atoms with E-state index in [1.54, 1.807) is 18.2 Å². The molecule has 1 heterocycles. The highest BCUT2D eigenvalue weighted by atomic mass is 79.9. The van der Waals surface area contributed by atoms with Gasteiger partial charge in [0, 0.05) is 23.1 Å². The van der Waals surface area contributed by atoms with Gasteiger partial charge >= 0.3 is 5.97 Å². The van der Waals surface area contributed by atoms with E-state index in [0.29, 0.717) is 65.1 Å². The summed E-state index contributed by atoms with van der Waals surface area (Å²) in [4.78, 5) is 23.7. The number of hydrogen-bond acceptors (Lipinski definition) is 5. The van der Waals surface area contributed by atoms with Crippen molar-refractivity contribution in [1.29, 1.82) is 0 Å². The Morgan fingerprint density at radius 2 is 1.97 bits per heavy atom. The highest BCUT2D eigenvalue weighted by Crippen LogP contribution is 2.34. The molecule has 32 heavy (non-hydrogen) atoms. The average Bonchev–Trinajstić information content (AvgIpc) is 2.78. The van der Waals surface area contributed by atoms with E-state index in [1.807, 2.05) is 18.2 Å². The van der Waals surface area contributed by atoms with Crippen LogP contribution in [0.25, 0.3) is 22.3 Å². The van der Waals surface area contributed by atoms with E-state index in [0.717, 1.165) is 17.3 Å². The zero-order valence-electron chi connectivity index (χ0n) is 17.3. The Bertz CT molecular complexity index is 1190. The number of halogens is 2. The topological polar surface area (TPSA) is 88.8 Å². The van der Waals surface area contributed by atoms with Crippen molar-refractivity contribution in [3.8, 4) is 17.1 Å². The minimum Gasteiger partial charge on any atom is -0.491 e. The zero-order valence-corrected chi connectivity index (χ0v) is 19.6. The van der Waals surface area contributed by atoms with Crippen LogP contribution < -0.4 is 15.5 Å².